The van der Waals surface area contributed by atoms with Crippen molar-refractivity contribution in [3.63, 3.8) is 0 Å². The minimum atomic E-state index is 0.878. The molecule has 0 spiro atoms. The SMILES string of the molecule is CCCC1[CH]C(C)CCC1C. The molecule has 0 bridgehead atoms. The average Bonchev–Trinajstić information content (AvgIpc) is 1.98. The molecule has 0 nitrogen and oxygen atoms in total. The molecule has 0 aromatic rings. The van der Waals surface area contributed by atoms with Crippen molar-refractivity contribution in [2.45, 2.75) is 46.5 Å². The summed E-state index contributed by atoms with van der Waals surface area (Å²) in [7, 11) is 0. The zero-order chi connectivity index (χ0) is 8.27. The highest BCUT2D eigenvalue weighted by molar-refractivity contribution is 4.89. The van der Waals surface area contributed by atoms with Crippen LogP contribution in [0.3, 0.4) is 0 Å². The van der Waals surface area contributed by atoms with E-state index in [1.165, 1.54) is 25.7 Å². The van der Waals surface area contributed by atoms with Crippen molar-refractivity contribution in [2.24, 2.45) is 17.8 Å². The monoisotopic (exact) mass is 153 g/mol. The quantitative estimate of drug-likeness (QED) is 0.568. The van der Waals surface area contributed by atoms with Gasteiger partial charge in [-0.3, -0.25) is 0 Å². The van der Waals surface area contributed by atoms with Crippen LogP contribution >= 0.6 is 0 Å². The molecule has 65 valence electrons. The predicted octanol–water partition coefficient (Wildman–Crippen LogP) is 3.67. The van der Waals surface area contributed by atoms with Gasteiger partial charge in [0, 0.05) is 0 Å². The molecule has 0 aromatic heterocycles. The van der Waals surface area contributed by atoms with Crippen LogP contribution in [0.25, 0.3) is 0 Å². The lowest BCUT2D eigenvalue weighted by molar-refractivity contribution is 0.263. The van der Waals surface area contributed by atoms with Crippen LogP contribution in [0, 0.1) is 24.2 Å². The zero-order valence-corrected chi connectivity index (χ0v) is 8.14. The first-order chi connectivity index (χ1) is 5.24. The van der Waals surface area contributed by atoms with Crippen molar-refractivity contribution >= 4 is 0 Å². The summed E-state index contributed by atoms with van der Waals surface area (Å²) < 4.78 is 0. The molecule has 0 amide bonds. The van der Waals surface area contributed by atoms with Crippen molar-refractivity contribution < 1.29 is 0 Å². The molecule has 1 aliphatic carbocycles. The summed E-state index contributed by atoms with van der Waals surface area (Å²) in [6.45, 7) is 7.05. The largest absolute Gasteiger partial charge is 0.0654 e. The Morgan fingerprint density at radius 1 is 1.27 bits per heavy atom. The van der Waals surface area contributed by atoms with Gasteiger partial charge in [0.1, 0.15) is 0 Å². The van der Waals surface area contributed by atoms with Crippen molar-refractivity contribution in [2.75, 3.05) is 0 Å². The van der Waals surface area contributed by atoms with Gasteiger partial charge in [-0.05, 0) is 24.2 Å². The highest BCUT2D eigenvalue weighted by Crippen LogP contribution is 2.34. The van der Waals surface area contributed by atoms with Gasteiger partial charge >= 0.3 is 0 Å². The lowest BCUT2D eigenvalue weighted by Crippen LogP contribution is -2.22. The van der Waals surface area contributed by atoms with Gasteiger partial charge in [0.05, 0.1) is 0 Å². The van der Waals surface area contributed by atoms with Crippen LogP contribution in [0.1, 0.15) is 46.5 Å². The first-order valence-electron chi connectivity index (χ1n) is 5.09. The summed E-state index contributed by atoms with van der Waals surface area (Å²) in [4.78, 5) is 0. The van der Waals surface area contributed by atoms with E-state index in [4.69, 9.17) is 0 Å². The van der Waals surface area contributed by atoms with Gasteiger partial charge in [0.25, 0.3) is 0 Å². The molecule has 1 fully saturated rings. The molecule has 1 aliphatic rings. The van der Waals surface area contributed by atoms with E-state index in [1.807, 2.05) is 0 Å². The maximum absolute atomic E-state index is 2.58. The molecule has 0 aromatic carbocycles. The minimum Gasteiger partial charge on any atom is -0.0654 e. The van der Waals surface area contributed by atoms with E-state index in [1.54, 1.807) is 0 Å². The Balaban J connectivity index is 2.34. The fourth-order valence-electron chi connectivity index (χ4n) is 2.16. The van der Waals surface area contributed by atoms with Crippen LogP contribution in [0.4, 0.5) is 0 Å². The second-order valence-electron chi connectivity index (χ2n) is 4.18. The van der Waals surface area contributed by atoms with Gasteiger partial charge in [0.15, 0.2) is 0 Å². The second kappa shape index (κ2) is 4.13. The van der Waals surface area contributed by atoms with E-state index in [2.05, 4.69) is 27.2 Å². The summed E-state index contributed by atoms with van der Waals surface area (Å²) in [6, 6.07) is 0. The van der Waals surface area contributed by atoms with Gasteiger partial charge in [0.2, 0.25) is 0 Å². The molecular weight excluding hydrogens is 132 g/mol. The van der Waals surface area contributed by atoms with Crippen LogP contribution in [0.15, 0.2) is 0 Å². The molecular formula is C11H21. The molecule has 0 saturated heterocycles. The van der Waals surface area contributed by atoms with Crippen molar-refractivity contribution in [1.29, 1.82) is 0 Å². The second-order valence-corrected chi connectivity index (χ2v) is 4.18. The number of rotatable bonds is 2. The number of hydrogen-bond acceptors (Lipinski definition) is 0. The Kier molecular flexibility index (Phi) is 3.42. The topological polar surface area (TPSA) is 0 Å². The van der Waals surface area contributed by atoms with Gasteiger partial charge in [-0.2, -0.15) is 0 Å². The summed E-state index contributed by atoms with van der Waals surface area (Å²) in [5.74, 6) is 2.75. The van der Waals surface area contributed by atoms with Gasteiger partial charge in [-0.15, -0.1) is 0 Å². The first kappa shape index (κ1) is 9.09. The third-order valence-corrected chi connectivity index (χ3v) is 3.01. The third kappa shape index (κ3) is 2.50. The van der Waals surface area contributed by atoms with Crippen molar-refractivity contribution in [3.05, 3.63) is 6.42 Å². The van der Waals surface area contributed by atoms with Crippen LogP contribution in [-0.4, -0.2) is 0 Å². The predicted molar refractivity (Wildman–Crippen MR) is 50.3 cm³/mol. The summed E-state index contributed by atoms with van der Waals surface area (Å²) in [5, 5.41) is 0. The van der Waals surface area contributed by atoms with Crippen LogP contribution in [0.5, 0.6) is 0 Å². The lowest BCUT2D eigenvalue weighted by atomic mass is 9.74. The van der Waals surface area contributed by atoms with E-state index in [0.717, 1.165) is 17.8 Å². The maximum atomic E-state index is 2.58. The molecule has 0 heteroatoms. The fourth-order valence-corrected chi connectivity index (χ4v) is 2.16. The average molecular weight is 153 g/mol. The van der Waals surface area contributed by atoms with Gasteiger partial charge < -0.3 is 0 Å². The fraction of sp³-hybridized carbons (Fsp3) is 0.909. The lowest BCUT2D eigenvalue weighted by Gasteiger charge is -2.32. The Bertz CT molecular complexity index is 107. The van der Waals surface area contributed by atoms with E-state index in [-0.39, 0.29) is 0 Å². The minimum absolute atomic E-state index is 0.878. The Labute approximate surface area is 71.4 Å². The third-order valence-electron chi connectivity index (χ3n) is 3.01. The molecule has 3 atom stereocenters. The highest BCUT2D eigenvalue weighted by atomic mass is 14.3. The summed E-state index contributed by atoms with van der Waals surface area (Å²) >= 11 is 0. The first-order valence-corrected chi connectivity index (χ1v) is 5.09. The Morgan fingerprint density at radius 2 is 2.00 bits per heavy atom. The standard InChI is InChI=1S/C11H21/c1-4-5-11-8-9(2)6-7-10(11)3/h8-11H,4-7H2,1-3H3. The van der Waals surface area contributed by atoms with E-state index < -0.39 is 0 Å². The molecule has 1 rings (SSSR count). The van der Waals surface area contributed by atoms with E-state index in [9.17, 15) is 0 Å². The molecule has 0 N–H and O–H groups in total. The van der Waals surface area contributed by atoms with Crippen LogP contribution in [0.2, 0.25) is 0 Å². The normalized spacial score (nSPS) is 39.0. The van der Waals surface area contributed by atoms with Crippen LogP contribution < -0.4 is 0 Å². The molecule has 0 aliphatic heterocycles. The Hall–Kier alpha value is 0. The summed E-state index contributed by atoms with van der Waals surface area (Å²) in [5.41, 5.74) is 0. The molecule has 1 saturated carbocycles. The van der Waals surface area contributed by atoms with Crippen molar-refractivity contribution in [1.82, 2.24) is 0 Å². The molecule has 11 heavy (non-hydrogen) atoms. The van der Waals surface area contributed by atoms with Crippen molar-refractivity contribution in [3.8, 4) is 0 Å². The molecule has 0 heterocycles. The molecule has 1 radical (unpaired) electrons. The number of hydrogen-bond donors (Lipinski definition) is 0. The maximum Gasteiger partial charge on any atom is -0.0324 e. The highest BCUT2D eigenvalue weighted by Gasteiger charge is 2.24. The summed E-state index contributed by atoms with van der Waals surface area (Å²) in [6.07, 6.45) is 8.20. The smallest absolute Gasteiger partial charge is 0.0324 e. The van der Waals surface area contributed by atoms with E-state index >= 15 is 0 Å². The zero-order valence-electron chi connectivity index (χ0n) is 8.14. The van der Waals surface area contributed by atoms with Crippen LogP contribution in [-0.2, 0) is 0 Å². The van der Waals surface area contributed by atoms with E-state index in [0.29, 0.717) is 0 Å². The Morgan fingerprint density at radius 3 is 2.64 bits per heavy atom. The van der Waals surface area contributed by atoms with Gasteiger partial charge in [-0.1, -0.05) is 46.5 Å². The molecule has 3 unspecified atom stereocenters. The van der Waals surface area contributed by atoms with Gasteiger partial charge in [-0.25, -0.2) is 0 Å².